The van der Waals surface area contributed by atoms with Gasteiger partial charge in [0.2, 0.25) is 0 Å². The molecule has 0 fully saturated rings. The first-order valence-electron chi connectivity index (χ1n) is 7.97. The van der Waals surface area contributed by atoms with Crippen molar-refractivity contribution in [2.45, 2.75) is 13.3 Å². The molecule has 128 valence electrons. The first-order chi connectivity index (χ1) is 12.1. The fourth-order valence-corrected chi connectivity index (χ4v) is 2.27. The zero-order valence-corrected chi connectivity index (χ0v) is 14.4. The Morgan fingerprint density at radius 2 is 2.04 bits per heavy atom. The third-order valence-corrected chi connectivity index (χ3v) is 3.70. The highest BCUT2D eigenvalue weighted by Crippen LogP contribution is 2.14. The van der Waals surface area contributed by atoms with Crippen molar-refractivity contribution < 1.29 is 9.53 Å². The number of amides is 1. The highest BCUT2D eigenvalue weighted by atomic mass is 16.5. The van der Waals surface area contributed by atoms with Crippen molar-refractivity contribution in [3.63, 3.8) is 0 Å². The molecule has 0 aromatic heterocycles. The average Bonchev–Trinajstić information content (AvgIpc) is 2.63. The van der Waals surface area contributed by atoms with Crippen molar-refractivity contribution in [2.24, 2.45) is 0 Å². The number of nitrogens with one attached hydrogen (secondary N) is 2. The summed E-state index contributed by atoms with van der Waals surface area (Å²) < 4.78 is 5.19. The number of carbonyl (C=O) groups excluding carboxylic acids is 1. The first kappa shape index (κ1) is 18.1. The van der Waals surface area contributed by atoms with Gasteiger partial charge < -0.3 is 15.4 Å². The van der Waals surface area contributed by atoms with Gasteiger partial charge in [-0.2, -0.15) is 5.26 Å². The monoisotopic (exact) mass is 335 g/mol. The summed E-state index contributed by atoms with van der Waals surface area (Å²) in [4.78, 5) is 12.2. The molecule has 0 radical (unpaired) electrons. The molecule has 0 spiro atoms. The lowest BCUT2D eigenvalue weighted by Gasteiger charge is -2.08. The molecule has 0 aliphatic carbocycles. The maximum absolute atomic E-state index is 12.2. The second-order valence-electron chi connectivity index (χ2n) is 5.49. The van der Waals surface area contributed by atoms with Gasteiger partial charge >= 0.3 is 0 Å². The van der Waals surface area contributed by atoms with Crippen LogP contribution in [0.1, 0.15) is 11.1 Å². The van der Waals surface area contributed by atoms with Gasteiger partial charge in [0.05, 0.1) is 7.11 Å². The van der Waals surface area contributed by atoms with E-state index < -0.39 is 5.91 Å². The fraction of sp³-hybridized carbons (Fsp3) is 0.200. The zero-order chi connectivity index (χ0) is 18.1. The third-order valence-electron chi connectivity index (χ3n) is 3.70. The van der Waals surface area contributed by atoms with E-state index in [0.29, 0.717) is 12.2 Å². The van der Waals surface area contributed by atoms with E-state index in [4.69, 9.17) is 4.74 Å². The maximum atomic E-state index is 12.2. The van der Waals surface area contributed by atoms with Crippen LogP contribution in [0.3, 0.4) is 0 Å². The summed E-state index contributed by atoms with van der Waals surface area (Å²) in [5.74, 6) is 0.383. The van der Waals surface area contributed by atoms with Crippen LogP contribution >= 0.6 is 0 Å². The number of anilines is 1. The summed E-state index contributed by atoms with van der Waals surface area (Å²) in [6.45, 7) is 2.51. The number of nitriles is 1. The lowest BCUT2D eigenvalue weighted by molar-refractivity contribution is -0.112. The van der Waals surface area contributed by atoms with Crippen LogP contribution in [0, 0.1) is 18.3 Å². The molecule has 0 bridgehead atoms. The van der Waals surface area contributed by atoms with Gasteiger partial charge in [-0.25, -0.2) is 0 Å². The number of ether oxygens (including phenoxy) is 1. The summed E-state index contributed by atoms with van der Waals surface area (Å²) in [6, 6.07) is 17.1. The zero-order valence-electron chi connectivity index (χ0n) is 14.4. The Kier molecular flexibility index (Phi) is 6.61. The van der Waals surface area contributed by atoms with Crippen LogP contribution in [0.5, 0.6) is 5.75 Å². The Morgan fingerprint density at radius 1 is 1.24 bits per heavy atom. The Balaban J connectivity index is 1.90. The standard InChI is InChI=1S/C20H21N3O2/c1-15-6-3-4-9-19(15)23-20(24)17(13-21)14-22-11-10-16-7-5-8-18(12-16)25-2/h3-9,12,14,22H,10-11H2,1-2H3,(H,23,24)/b17-14-. The van der Waals surface area contributed by atoms with Crippen LogP contribution in [0.15, 0.2) is 60.3 Å². The molecule has 0 aliphatic rings. The van der Waals surface area contributed by atoms with Gasteiger partial charge in [-0.05, 0) is 42.7 Å². The van der Waals surface area contributed by atoms with E-state index in [2.05, 4.69) is 10.6 Å². The van der Waals surface area contributed by atoms with E-state index >= 15 is 0 Å². The van der Waals surface area contributed by atoms with Gasteiger partial charge in [0.25, 0.3) is 5.91 Å². The summed E-state index contributed by atoms with van der Waals surface area (Å²) in [5, 5.41) is 15.0. The highest BCUT2D eigenvalue weighted by Gasteiger charge is 2.10. The number of hydrogen-bond acceptors (Lipinski definition) is 4. The smallest absolute Gasteiger partial charge is 0.267 e. The Morgan fingerprint density at radius 3 is 2.76 bits per heavy atom. The van der Waals surface area contributed by atoms with Gasteiger partial charge in [0, 0.05) is 18.4 Å². The molecule has 0 saturated carbocycles. The lowest BCUT2D eigenvalue weighted by Crippen LogP contribution is -2.18. The number of hydrogen-bond donors (Lipinski definition) is 2. The molecular weight excluding hydrogens is 314 g/mol. The molecule has 2 aromatic rings. The van der Waals surface area contributed by atoms with Gasteiger partial charge in [-0.1, -0.05) is 30.3 Å². The predicted octanol–water partition coefficient (Wildman–Crippen LogP) is 3.18. The van der Waals surface area contributed by atoms with Crippen LogP contribution in [-0.2, 0) is 11.2 Å². The minimum absolute atomic E-state index is 0.0360. The molecular formula is C20H21N3O2. The molecule has 5 heteroatoms. The molecule has 25 heavy (non-hydrogen) atoms. The van der Waals surface area contributed by atoms with Crippen molar-refractivity contribution in [1.82, 2.24) is 5.32 Å². The number of nitrogens with zero attached hydrogens (tertiary/aromatic N) is 1. The van der Waals surface area contributed by atoms with Crippen LogP contribution in [0.2, 0.25) is 0 Å². The number of methoxy groups -OCH3 is 1. The molecule has 2 N–H and O–H groups in total. The Hall–Kier alpha value is -3.26. The average molecular weight is 335 g/mol. The number of para-hydroxylation sites is 1. The molecule has 2 aromatic carbocycles. The molecule has 0 heterocycles. The fourth-order valence-electron chi connectivity index (χ4n) is 2.27. The summed E-state index contributed by atoms with van der Waals surface area (Å²) in [7, 11) is 1.63. The van der Waals surface area contributed by atoms with Crippen molar-refractivity contribution in [1.29, 1.82) is 5.26 Å². The molecule has 5 nitrogen and oxygen atoms in total. The third kappa shape index (κ3) is 5.40. The van der Waals surface area contributed by atoms with Crippen molar-refractivity contribution >= 4 is 11.6 Å². The molecule has 0 aliphatic heterocycles. The van der Waals surface area contributed by atoms with Crippen molar-refractivity contribution in [3.05, 3.63) is 71.4 Å². The second kappa shape index (κ2) is 9.14. The number of aryl methyl sites for hydroxylation is 1. The minimum atomic E-state index is -0.425. The van der Waals surface area contributed by atoms with Gasteiger partial charge in [0.1, 0.15) is 17.4 Å². The number of carbonyl (C=O) groups is 1. The highest BCUT2D eigenvalue weighted by molar-refractivity contribution is 6.06. The van der Waals surface area contributed by atoms with E-state index in [1.54, 1.807) is 13.2 Å². The van der Waals surface area contributed by atoms with E-state index in [9.17, 15) is 10.1 Å². The van der Waals surface area contributed by atoms with Gasteiger partial charge in [-0.15, -0.1) is 0 Å². The SMILES string of the molecule is COc1cccc(CCN/C=C(/C#N)C(=O)Nc2ccccc2C)c1. The van der Waals surface area contributed by atoms with Gasteiger partial charge in [-0.3, -0.25) is 4.79 Å². The normalized spacial score (nSPS) is 10.7. The van der Waals surface area contributed by atoms with Crippen LogP contribution in [-0.4, -0.2) is 19.6 Å². The van der Waals surface area contributed by atoms with E-state index in [0.717, 1.165) is 23.3 Å². The van der Waals surface area contributed by atoms with E-state index in [-0.39, 0.29) is 5.57 Å². The van der Waals surface area contributed by atoms with Crippen LogP contribution in [0.25, 0.3) is 0 Å². The van der Waals surface area contributed by atoms with Crippen molar-refractivity contribution in [3.8, 4) is 11.8 Å². The Labute approximate surface area is 147 Å². The summed E-state index contributed by atoms with van der Waals surface area (Å²) in [6.07, 6.45) is 2.21. The van der Waals surface area contributed by atoms with Crippen LogP contribution in [0.4, 0.5) is 5.69 Å². The molecule has 0 atom stereocenters. The molecule has 1 amide bonds. The largest absolute Gasteiger partial charge is 0.497 e. The van der Waals surface area contributed by atoms with Crippen molar-refractivity contribution in [2.75, 3.05) is 19.0 Å². The van der Waals surface area contributed by atoms with E-state index in [1.807, 2.05) is 55.5 Å². The number of benzene rings is 2. The Bertz CT molecular complexity index is 807. The summed E-state index contributed by atoms with van der Waals surface area (Å²) >= 11 is 0. The second-order valence-corrected chi connectivity index (χ2v) is 5.49. The topological polar surface area (TPSA) is 74.1 Å². The predicted molar refractivity (Wildman–Crippen MR) is 98.2 cm³/mol. The van der Waals surface area contributed by atoms with Gasteiger partial charge in [0.15, 0.2) is 0 Å². The maximum Gasteiger partial charge on any atom is 0.267 e. The lowest BCUT2D eigenvalue weighted by atomic mass is 10.1. The molecule has 0 unspecified atom stereocenters. The first-order valence-corrected chi connectivity index (χ1v) is 7.97. The number of rotatable bonds is 7. The van der Waals surface area contributed by atoms with Crippen LogP contribution < -0.4 is 15.4 Å². The summed E-state index contributed by atoms with van der Waals surface area (Å²) in [5.41, 5.74) is 2.79. The quantitative estimate of drug-likeness (QED) is 0.463. The van der Waals surface area contributed by atoms with E-state index in [1.165, 1.54) is 6.20 Å². The minimum Gasteiger partial charge on any atom is -0.497 e. The molecule has 2 rings (SSSR count). The molecule has 0 saturated heterocycles.